The van der Waals surface area contributed by atoms with Crippen molar-refractivity contribution >= 4 is 5.78 Å². The third-order valence-electron chi connectivity index (χ3n) is 4.36. The number of Topliss-reactive ketones (excluding diaryl/α,β-unsaturated/α-hetero) is 1. The molecule has 1 saturated heterocycles. The lowest BCUT2D eigenvalue weighted by molar-refractivity contribution is -0.0158. The van der Waals surface area contributed by atoms with E-state index in [1.54, 1.807) is 0 Å². The van der Waals surface area contributed by atoms with Crippen LogP contribution in [0.1, 0.15) is 41.3 Å². The lowest BCUT2D eigenvalue weighted by Crippen LogP contribution is -2.43. The zero-order valence-electron chi connectivity index (χ0n) is 12.2. The molecular formula is C17H23NO2. The van der Waals surface area contributed by atoms with Gasteiger partial charge in [0.25, 0.3) is 0 Å². The second-order valence-electron chi connectivity index (χ2n) is 6.03. The Bertz CT molecular complexity index is 498. The van der Waals surface area contributed by atoms with Crippen LogP contribution in [0.15, 0.2) is 18.2 Å². The molecule has 1 heterocycles. The molecule has 0 N–H and O–H groups in total. The van der Waals surface area contributed by atoms with Gasteiger partial charge in [-0.3, -0.25) is 9.69 Å². The Hall–Kier alpha value is -1.19. The van der Waals surface area contributed by atoms with Crippen LogP contribution in [0.3, 0.4) is 0 Å². The van der Waals surface area contributed by atoms with E-state index in [-0.39, 0.29) is 11.9 Å². The first-order chi connectivity index (χ1) is 9.72. The van der Waals surface area contributed by atoms with E-state index >= 15 is 0 Å². The molecule has 1 fully saturated rings. The van der Waals surface area contributed by atoms with Crippen LogP contribution in [0, 0.1) is 0 Å². The van der Waals surface area contributed by atoms with Crippen molar-refractivity contribution in [3.8, 4) is 0 Å². The summed E-state index contributed by atoms with van der Waals surface area (Å²) in [6.07, 6.45) is 5.08. The number of aryl methyl sites for hydroxylation is 2. The Balaban J connectivity index is 1.67. The number of carbonyl (C=O) groups excluding carboxylic acids is 1. The zero-order valence-corrected chi connectivity index (χ0v) is 12.2. The van der Waals surface area contributed by atoms with Crippen LogP contribution in [-0.4, -0.2) is 43.0 Å². The minimum Gasteiger partial charge on any atom is -0.376 e. The van der Waals surface area contributed by atoms with Crippen LogP contribution in [-0.2, 0) is 17.6 Å². The molecule has 0 spiro atoms. The molecule has 1 aromatic carbocycles. The molecule has 20 heavy (non-hydrogen) atoms. The van der Waals surface area contributed by atoms with Crippen molar-refractivity contribution in [1.29, 1.82) is 0 Å². The quantitative estimate of drug-likeness (QED) is 0.792. The van der Waals surface area contributed by atoms with Gasteiger partial charge in [0, 0.05) is 18.7 Å². The average Bonchev–Trinajstić information content (AvgIpc) is 2.47. The van der Waals surface area contributed by atoms with Gasteiger partial charge in [-0.1, -0.05) is 12.1 Å². The number of hydrogen-bond donors (Lipinski definition) is 0. The number of nitrogens with zero attached hydrogens (tertiary/aromatic N) is 1. The maximum Gasteiger partial charge on any atom is 0.176 e. The summed E-state index contributed by atoms with van der Waals surface area (Å²) in [4.78, 5) is 14.6. The van der Waals surface area contributed by atoms with Crippen LogP contribution < -0.4 is 0 Å². The molecule has 1 atom stereocenters. The molecule has 3 rings (SSSR count). The number of rotatable bonds is 3. The van der Waals surface area contributed by atoms with E-state index in [0.717, 1.165) is 31.7 Å². The molecule has 2 aliphatic rings. The van der Waals surface area contributed by atoms with E-state index in [9.17, 15) is 4.79 Å². The van der Waals surface area contributed by atoms with Crippen molar-refractivity contribution < 1.29 is 9.53 Å². The van der Waals surface area contributed by atoms with Gasteiger partial charge >= 0.3 is 0 Å². The van der Waals surface area contributed by atoms with E-state index < -0.39 is 0 Å². The molecule has 1 aromatic rings. The Labute approximate surface area is 120 Å². The fourth-order valence-corrected chi connectivity index (χ4v) is 3.24. The molecule has 1 unspecified atom stereocenters. The third kappa shape index (κ3) is 3.10. The summed E-state index contributed by atoms with van der Waals surface area (Å²) in [6, 6.07) is 6.29. The van der Waals surface area contributed by atoms with Gasteiger partial charge in [0.05, 0.1) is 19.3 Å². The van der Waals surface area contributed by atoms with Gasteiger partial charge in [-0.2, -0.15) is 0 Å². The summed E-state index contributed by atoms with van der Waals surface area (Å²) in [5.41, 5.74) is 3.70. The Morgan fingerprint density at radius 3 is 2.90 bits per heavy atom. The largest absolute Gasteiger partial charge is 0.376 e. The van der Waals surface area contributed by atoms with Gasteiger partial charge in [0.2, 0.25) is 0 Å². The van der Waals surface area contributed by atoms with E-state index in [2.05, 4.69) is 24.0 Å². The van der Waals surface area contributed by atoms with E-state index in [1.165, 1.54) is 30.4 Å². The van der Waals surface area contributed by atoms with Crippen LogP contribution in [0.2, 0.25) is 0 Å². The molecule has 3 nitrogen and oxygen atoms in total. The second-order valence-corrected chi connectivity index (χ2v) is 6.03. The van der Waals surface area contributed by atoms with Crippen molar-refractivity contribution in [3.05, 3.63) is 34.9 Å². The van der Waals surface area contributed by atoms with Gasteiger partial charge in [-0.15, -0.1) is 0 Å². The smallest absolute Gasteiger partial charge is 0.176 e. The van der Waals surface area contributed by atoms with E-state index in [0.29, 0.717) is 6.54 Å². The molecule has 0 aromatic heterocycles. The highest BCUT2D eigenvalue weighted by Gasteiger charge is 2.20. The van der Waals surface area contributed by atoms with Crippen molar-refractivity contribution in [2.75, 3.05) is 26.2 Å². The molecule has 108 valence electrons. The number of fused-ring (bicyclic) bond motifs is 1. The minimum absolute atomic E-state index is 0.236. The summed E-state index contributed by atoms with van der Waals surface area (Å²) in [5, 5.41) is 0. The lowest BCUT2D eigenvalue weighted by atomic mass is 9.90. The summed E-state index contributed by atoms with van der Waals surface area (Å²) in [5.74, 6) is 0.243. The summed E-state index contributed by atoms with van der Waals surface area (Å²) in [7, 11) is 0. The van der Waals surface area contributed by atoms with Crippen LogP contribution in [0.4, 0.5) is 0 Å². The first kappa shape index (κ1) is 13.8. The summed E-state index contributed by atoms with van der Waals surface area (Å²) >= 11 is 0. The summed E-state index contributed by atoms with van der Waals surface area (Å²) in [6.45, 7) is 5.04. The lowest BCUT2D eigenvalue weighted by Gasteiger charge is -2.30. The number of hydrogen-bond acceptors (Lipinski definition) is 3. The number of ketones is 1. The topological polar surface area (TPSA) is 29.5 Å². The molecule has 0 amide bonds. The molecule has 0 bridgehead atoms. The van der Waals surface area contributed by atoms with E-state index in [1.807, 2.05) is 6.07 Å². The first-order valence-corrected chi connectivity index (χ1v) is 7.71. The monoisotopic (exact) mass is 273 g/mol. The molecule has 0 radical (unpaired) electrons. The number of carbonyl (C=O) groups is 1. The Morgan fingerprint density at radius 2 is 2.10 bits per heavy atom. The highest BCUT2D eigenvalue weighted by molar-refractivity contribution is 5.97. The predicted octanol–water partition coefficient (Wildman–Crippen LogP) is 2.47. The zero-order chi connectivity index (χ0) is 13.9. The maximum atomic E-state index is 12.4. The second kappa shape index (κ2) is 6.06. The molecule has 0 saturated carbocycles. The average molecular weight is 273 g/mol. The van der Waals surface area contributed by atoms with Crippen molar-refractivity contribution in [2.45, 2.75) is 38.7 Å². The SMILES string of the molecule is CC1CN(CC(=O)c2ccc3c(c2)CCCC3)CCO1. The Kier molecular flexibility index (Phi) is 4.18. The van der Waals surface area contributed by atoms with Gasteiger partial charge in [-0.05, 0) is 49.8 Å². The number of morpholine rings is 1. The number of benzene rings is 1. The van der Waals surface area contributed by atoms with Gasteiger partial charge in [0.15, 0.2) is 5.78 Å². The van der Waals surface area contributed by atoms with Gasteiger partial charge in [-0.25, -0.2) is 0 Å². The van der Waals surface area contributed by atoms with E-state index in [4.69, 9.17) is 4.74 Å². The predicted molar refractivity (Wildman–Crippen MR) is 79.3 cm³/mol. The van der Waals surface area contributed by atoms with Gasteiger partial charge < -0.3 is 4.74 Å². The standard InChI is InChI=1S/C17H23NO2/c1-13-11-18(8-9-20-13)12-17(19)16-7-6-14-4-2-3-5-15(14)10-16/h6-7,10,13H,2-5,8-9,11-12H2,1H3. The first-order valence-electron chi connectivity index (χ1n) is 7.71. The fraction of sp³-hybridized carbons (Fsp3) is 0.588. The third-order valence-corrected chi connectivity index (χ3v) is 4.36. The van der Waals surface area contributed by atoms with Gasteiger partial charge in [0.1, 0.15) is 0 Å². The molecule has 3 heteroatoms. The summed E-state index contributed by atoms with van der Waals surface area (Å²) < 4.78 is 5.52. The number of ether oxygens (including phenoxy) is 1. The van der Waals surface area contributed by atoms with Crippen molar-refractivity contribution in [1.82, 2.24) is 4.90 Å². The molecule has 1 aliphatic carbocycles. The van der Waals surface area contributed by atoms with Crippen molar-refractivity contribution in [2.24, 2.45) is 0 Å². The maximum absolute atomic E-state index is 12.4. The van der Waals surface area contributed by atoms with Crippen LogP contribution in [0.5, 0.6) is 0 Å². The normalized spacial score (nSPS) is 23.4. The van der Waals surface area contributed by atoms with Crippen LogP contribution in [0.25, 0.3) is 0 Å². The molecular weight excluding hydrogens is 250 g/mol. The minimum atomic E-state index is 0.236. The molecule has 1 aliphatic heterocycles. The van der Waals surface area contributed by atoms with Crippen molar-refractivity contribution in [3.63, 3.8) is 0 Å². The van der Waals surface area contributed by atoms with Crippen LogP contribution >= 0.6 is 0 Å². The fourth-order valence-electron chi connectivity index (χ4n) is 3.24. The highest BCUT2D eigenvalue weighted by atomic mass is 16.5. The highest BCUT2D eigenvalue weighted by Crippen LogP contribution is 2.22. The Morgan fingerprint density at radius 1 is 1.30 bits per heavy atom.